The molecule has 0 N–H and O–H groups in total. The summed E-state index contributed by atoms with van der Waals surface area (Å²) in [4.78, 5) is 45.1. The van der Waals surface area contributed by atoms with Gasteiger partial charge in [-0.1, -0.05) is 17.7 Å². The molecule has 0 saturated carbocycles. The highest BCUT2D eigenvalue weighted by atomic mass is 35.5. The maximum Gasteiger partial charge on any atom is 0.431 e. The third-order valence-corrected chi connectivity index (χ3v) is 5.54. The zero-order valence-electron chi connectivity index (χ0n) is 20.3. The van der Waals surface area contributed by atoms with Crippen molar-refractivity contribution in [2.45, 2.75) is 12.8 Å². The molecule has 0 spiro atoms. The number of hydrogen-bond acceptors (Lipinski definition) is 8. The van der Waals surface area contributed by atoms with Crippen molar-refractivity contribution in [2.75, 3.05) is 6.61 Å². The van der Waals surface area contributed by atoms with Gasteiger partial charge >= 0.3 is 17.8 Å². The van der Waals surface area contributed by atoms with Gasteiger partial charge in [0.05, 0.1) is 16.4 Å². The predicted octanol–water partition coefficient (Wildman–Crippen LogP) is 4.05. The predicted molar refractivity (Wildman–Crippen MR) is 131 cm³/mol. The van der Waals surface area contributed by atoms with Crippen molar-refractivity contribution in [3.05, 3.63) is 104 Å². The van der Waals surface area contributed by atoms with Crippen molar-refractivity contribution in [2.24, 2.45) is 7.05 Å². The van der Waals surface area contributed by atoms with E-state index in [4.69, 9.17) is 25.8 Å². The Morgan fingerprint density at radius 1 is 1.02 bits per heavy atom. The van der Waals surface area contributed by atoms with Crippen LogP contribution < -0.4 is 20.7 Å². The Hall–Kier alpha value is -4.72. The van der Waals surface area contributed by atoms with E-state index in [2.05, 4.69) is 9.97 Å². The molecular weight excluding hydrogens is 564 g/mol. The van der Waals surface area contributed by atoms with E-state index in [-0.39, 0.29) is 44.2 Å². The SMILES string of the molecule is Cn1c(C(F)(F)F)cc(=O)n(-c2cc(Oc3cccnc3OCC(=O)OCc3ccccn3)c(Cl)cc2F)c1=O. The van der Waals surface area contributed by atoms with E-state index >= 15 is 0 Å². The first kappa shape index (κ1) is 28.3. The minimum absolute atomic E-state index is 0.0919. The van der Waals surface area contributed by atoms with Crippen molar-refractivity contribution in [3.8, 4) is 23.1 Å². The lowest BCUT2D eigenvalue weighted by Gasteiger charge is -2.16. The van der Waals surface area contributed by atoms with Gasteiger partial charge < -0.3 is 14.2 Å². The fraction of sp³-hybridized carbons (Fsp3) is 0.160. The second-order valence-electron chi connectivity index (χ2n) is 7.96. The number of benzene rings is 1. The molecule has 4 aromatic rings. The van der Waals surface area contributed by atoms with Crippen LogP contribution in [0.5, 0.6) is 17.4 Å². The number of hydrogen-bond donors (Lipinski definition) is 0. The molecule has 0 bridgehead atoms. The molecule has 3 heterocycles. The number of esters is 1. The van der Waals surface area contributed by atoms with E-state index in [1.54, 1.807) is 18.2 Å². The normalized spacial score (nSPS) is 11.2. The maximum absolute atomic E-state index is 14.8. The average molecular weight is 581 g/mol. The number of carbonyl (C=O) groups excluding carboxylic acids is 1. The molecule has 10 nitrogen and oxygen atoms in total. The van der Waals surface area contributed by atoms with Crippen LogP contribution in [0.4, 0.5) is 17.6 Å². The molecule has 4 rings (SSSR count). The number of ether oxygens (including phenoxy) is 3. The Labute approximate surface area is 227 Å². The number of carbonyl (C=O) groups is 1. The van der Waals surface area contributed by atoms with Crippen LogP contribution in [0.25, 0.3) is 5.69 Å². The third kappa shape index (κ3) is 6.29. The van der Waals surface area contributed by atoms with Gasteiger partial charge in [-0.05, 0) is 30.3 Å². The van der Waals surface area contributed by atoms with Gasteiger partial charge in [-0.15, -0.1) is 0 Å². The fourth-order valence-corrected chi connectivity index (χ4v) is 3.56. The number of aromatic nitrogens is 4. The molecule has 15 heteroatoms. The molecule has 0 saturated heterocycles. The molecule has 1 aromatic carbocycles. The van der Waals surface area contributed by atoms with Gasteiger partial charge in [0.2, 0.25) is 0 Å². The van der Waals surface area contributed by atoms with E-state index in [9.17, 15) is 31.9 Å². The van der Waals surface area contributed by atoms with Gasteiger partial charge in [-0.2, -0.15) is 13.2 Å². The van der Waals surface area contributed by atoms with Crippen LogP contribution in [-0.4, -0.2) is 31.7 Å². The molecule has 0 fully saturated rings. The molecule has 3 aromatic heterocycles. The Morgan fingerprint density at radius 3 is 2.48 bits per heavy atom. The topological polar surface area (TPSA) is 115 Å². The molecule has 0 radical (unpaired) electrons. The summed E-state index contributed by atoms with van der Waals surface area (Å²) in [6.07, 6.45) is -2.14. The highest BCUT2D eigenvalue weighted by Crippen LogP contribution is 2.36. The minimum atomic E-state index is -5.00. The van der Waals surface area contributed by atoms with Crippen LogP contribution in [0.1, 0.15) is 11.4 Å². The quantitative estimate of drug-likeness (QED) is 0.226. The maximum atomic E-state index is 14.8. The standard InChI is InChI=1S/C25H17ClF4N4O6/c1-33-20(25(28,29)30)11-21(35)34(24(33)37)17-10-19(15(26)9-16(17)27)40-18-6-4-8-32-23(18)39-13-22(36)38-12-14-5-2-3-7-31-14/h2-11H,12-13H2,1H3. The first-order valence-electron chi connectivity index (χ1n) is 11.2. The van der Waals surface area contributed by atoms with Crippen molar-refractivity contribution in [1.82, 2.24) is 19.1 Å². The summed E-state index contributed by atoms with van der Waals surface area (Å²) in [5.74, 6) is -2.53. The molecule has 0 atom stereocenters. The van der Waals surface area contributed by atoms with Crippen LogP contribution in [-0.2, 0) is 29.4 Å². The van der Waals surface area contributed by atoms with Gasteiger partial charge in [0.25, 0.3) is 11.4 Å². The lowest BCUT2D eigenvalue weighted by Crippen LogP contribution is -2.41. The molecule has 0 aliphatic heterocycles. The molecule has 208 valence electrons. The highest BCUT2D eigenvalue weighted by molar-refractivity contribution is 6.32. The van der Waals surface area contributed by atoms with Gasteiger partial charge in [-0.3, -0.25) is 14.3 Å². The summed E-state index contributed by atoms with van der Waals surface area (Å²) >= 11 is 6.09. The van der Waals surface area contributed by atoms with Gasteiger partial charge in [-0.25, -0.2) is 23.5 Å². The third-order valence-electron chi connectivity index (χ3n) is 5.24. The molecular formula is C25H17ClF4N4O6. The molecule has 0 unspecified atom stereocenters. The highest BCUT2D eigenvalue weighted by Gasteiger charge is 2.35. The van der Waals surface area contributed by atoms with Crippen molar-refractivity contribution in [3.63, 3.8) is 0 Å². The number of pyridine rings is 2. The van der Waals surface area contributed by atoms with Crippen LogP contribution in [0.15, 0.2) is 70.5 Å². The van der Waals surface area contributed by atoms with E-state index in [0.717, 1.165) is 13.1 Å². The van der Waals surface area contributed by atoms with Crippen LogP contribution in [0, 0.1) is 5.82 Å². The number of alkyl halides is 3. The first-order valence-corrected chi connectivity index (χ1v) is 11.5. The van der Waals surface area contributed by atoms with E-state index in [1.807, 2.05) is 0 Å². The van der Waals surface area contributed by atoms with Gasteiger partial charge in [0.15, 0.2) is 12.4 Å². The number of nitrogens with zero attached hydrogens (tertiary/aromatic N) is 4. The fourth-order valence-electron chi connectivity index (χ4n) is 3.37. The van der Waals surface area contributed by atoms with Gasteiger partial charge in [0.1, 0.15) is 23.9 Å². The lowest BCUT2D eigenvalue weighted by molar-refractivity contribution is -0.147. The van der Waals surface area contributed by atoms with Crippen molar-refractivity contribution in [1.29, 1.82) is 0 Å². The van der Waals surface area contributed by atoms with E-state index < -0.39 is 47.2 Å². The van der Waals surface area contributed by atoms with Crippen molar-refractivity contribution >= 4 is 17.6 Å². The second-order valence-corrected chi connectivity index (χ2v) is 8.36. The molecule has 0 aliphatic rings. The van der Waals surface area contributed by atoms with Crippen LogP contribution in [0.3, 0.4) is 0 Å². The summed E-state index contributed by atoms with van der Waals surface area (Å²) in [7, 11) is 0.785. The second kappa shape index (κ2) is 11.6. The zero-order chi connectivity index (χ0) is 29.0. The molecule has 40 heavy (non-hydrogen) atoms. The average Bonchev–Trinajstić information content (AvgIpc) is 2.91. The molecule has 0 amide bonds. The molecule has 0 aliphatic carbocycles. The largest absolute Gasteiger partial charge is 0.463 e. The summed E-state index contributed by atoms with van der Waals surface area (Å²) in [5.41, 5.74) is -4.61. The Balaban J connectivity index is 1.59. The summed E-state index contributed by atoms with van der Waals surface area (Å²) in [5, 5.41) is -0.317. The van der Waals surface area contributed by atoms with E-state index in [0.29, 0.717) is 11.8 Å². The lowest BCUT2D eigenvalue weighted by atomic mass is 10.2. The van der Waals surface area contributed by atoms with Crippen molar-refractivity contribution < 1.29 is 36.6 Å². The summed E-state index contributed by atoms with van der Waals surface area (Å²) in [6, 6.07) is 9.62. The summed E-state index contributed by atoms with van der Waals surface area (Å²) < 4.78 is 70.8. The van der Waals surface area contributed by atoms with E-state index in [1.165, 1.54) is 24.5 Å². The Bertz CT molecular complexity index is 1680. The summed E-state index contributed by atoms with van der Waals surface area (Å²) in [6.45, 7) is -0.662. The smallest absolute Gasteiger partial charge is 0.431 e. The van der Waals surface area contributed by atoms with Crippen LogP contribution >= 0.6 is 11.6 Å². The monoisotopic (exact) mass is 580 g/mol. The Kier molecular flexibility index (Phi) is 8.18. The van der Waals surface area contributed by atoms with Gasteiger partial charge in [0, 0.05) is 31.6 Å². The number of rotatable bonds is 8. The minimum Gasteiger partial charge on any atom is -0.463 e. The zero-order valence-corrected chi connectivity index (χ0v) is 21.1. The van der Waals surface area contributed by atoms with Crippen LogP contribution in [0.2, 0.25) is 5.02 Å². The Morgan fingerprint density at radius 2 is 1.77 bits per heavy atom. The number of halogens is 5. The first-order chi connectivity index (χ1) is 19.0.